The fourth-order valence-corrected chi connectivity index (χ4v) is 4.70. The fourth-order valence-electron chi connectivity index (χ4n) is 3.75. The van der Waals surface area contributed by atoms with Crippen LogP contribution in [0.15, 0.2) is 53.4 Å². The maximum atomic E-state index is 12.9. The normalized spacial score (nSPS) is 15.4. The van der Waals surface area contributed by atoms with E-state index in [0.717, 1.165) is 40.0 Å². The third kappa shape index (κ3) is 4.21. The standard InChI is InChI=1S/C25H23ClN2O2S/c1-15-5-10-22(11-16(15)2)28-17(3)12-20(18(28)4)13-23-24(29)27(25(30)31-23)14-19-6-8-21(26)9-7-19/h5-13H,14H2,1-4H3/b23-13-. The largest absolute Gasteiger partial charge is 0.318 e. The highest BCUT2D eigenvalue weighted by molar-refractivity contribution is 8.18. The molecule has 1 aliphatic rings. The summed E-state index contributed by atoms with van der Waals surface area (Å²) in [4.78, 5) is 27.2. The van der Waals surface area contributed by atoms with Crippen molar-refractivity contribution >= 4 is 40.6 Å². The zero-order valence-electron chi connectivity index (χ0n) is 17.9. The Morgan fingerprint density at radius 1 is 0.935 bits per heavy atom. The third-order valence-corrected chi connectivity index (χ3v) is 6.79. The van der Waals surface area contributed by atoms with Gasteiger partial charge in [0, 0.05) is 22.1 Å². The minimum Gasteiger partial charge on any atom is -0.318 e. The summed E-state index contributed by atoms with van der Waals surface area (Å²) in [6.07, 6.45) is 1.83. The molecule has 0 saturated carbocycles. The molecule has 31 heavy (non-hydrogen) atoms. The zero-order chi connectivity index (χ0) is 22.3. The lowest BCUT2D eigenvalue weighted by molar-refractivity contribution is -0.123. The number of hydrogen-bond donors (Lipinski definition) is 0. The van der Waals surface area contributed by atoms with E-state index in [1.807, 2.05) is 32.1 Å². The Morgan fingerprint density at radius 2 is 1.65 bits per heavy atom. The van der Waals surface area contributed by atoms with Gasteiger partial charge in [0.05, 0.1) is 11.4 Å². The van der Waals surface area contributed by atoms with Gasteiger partial charge in [-0.2, -0.15) is 0 Å². The van der Waals surface area contributed by atoms with Gasteiger partial charge < -0.3 is 4.57 Å². The molecule has 1 aromatic heterocycles. The van der Waals surface area contributed by atoms with Crippen molar-refractivity contribution in [1.29, 1.82) is 0 Å². The lowest BCUT2D eigenvalue weighted by atomic mass is 10.1. The average Bonchev–Trinajstić information content (AvgIpc) is 3.15. The van der Waals surface area contributed by atoms with Crippen molar-refractivity contribution in [2.24, 2.45) is 0 Å². The molecular formula is C25H23ClN2O2S. The number of rotatable bonds is 4. The van der Waals surface area contributed by atoms with E-state index in [4.69, 9.17) is 11.6 Å². The van der Waals surface area contributed by atoms with E-state index in [9.17, 15) is 9.59 Å². The molecule has 0 aliphatic carbocycles. The van der Waals surface area contributed by atoms with Crippen LogP contribution in [0, 0.1) is 27.7 Å². The zero-order valence-corrected chi connectivity index (χ0v) is 19.5. The molecule has 1 saturated heterocycles. The predicted octanol–water partition coefficient (Wildman–Crippen LogP) is 6.60. The molecule has 1 aliphatic heterocycles. The molecule has 4 nitrogen and oxygen atoms in total. The van der Waals surface area contributed by atoms with Gasteiger partial charge in [-0.25, -0.2) is 0 Å². The quantitative estimate of drug-likeness (QED) is 0.420. The van der Waals surface area contributed by atoms with Gasteiger partial charge in [0.25, 0.3) is 11.1 Å². The molecule has 0 atom stereocenters. The third-order valence-electron chi connectivity index (χ3n) is 5.63. The van der Waals surface area contributed by atoms with E-state index in [-0.39, 0.29) is 17.7 Å². The molecule has 6 heteroatoms. The summed E-state index contributed by atoms with van der Waals surface area (Å²) in [6.45, 7) is 8.52. The first kappa shape index (κ1) is 21.5. The van der Waals surface area contributed by atoms with Crippen molar-refractivity contribution in [2.45, 2.75) is 34.2 Å². The van der Waals surface area contributed by atoms with Gasteiger partial charge in [0.15, 0.2) is 0 Å². The van der Waals surface area contributed by atoms with E-state index in [1.165, 1.54) is 16.0 Å². The smallest absolute Gasteiger partial charge is 0.293 e. The first-order chi connectivity index (χ1) is 14.7. The van der Waals surface area contributed by atoms with Gasteiger partial charge in [0.2, 0.25) is 0 Å². The second kappa shape index (κ2) is 8.40. The van der Waals surface area contributed by atoms with E-state index < -0.39 is 0 Å². The number of halogens is 1. The van der Waals surface area contributed by atoms with Crippen LogP contribution in [0.1, 0.15) is 33.6 Å². The molecule has 158 valence electrons. The molecule has 2 heterocycles. The number of nitrogens with zero attached hydrogens (tertiary/aromatic N) is 2. The number of imide groups is 1. The molecule has 0 bridgehead atoms. The fraction of sp³-hybridized carbons (Fsp3) is 0.200. The Balaban J connectivity index is 1.63. The van der Waals surface area contributed by atoms with E-state index in [1.54, 1.807) is 12.1 Å². The number of amides is 2. The molecule has 0 unspecified atom stereocenters. The van der Waals surface area contributed by atoms with Crippen LogP contribution in [0.4, 0.5) is 4.79 Å². The lowest BCUT2D eigenvalue weighted by Gasteiger charge is -2.12. The van der Waals surface area contributed by atoms with Crippen molar-refractivity contribution in [2.75, 3.05) is 0 Å². The maximum Gasteiger partial charge on any atom is 0.293 e. The summed E-state index contributed by atoms with van der Waals surface area (Å²) < 4.78 is 2.18. The van der Waals surface area contributed by atoms with Crippen molar-refractivity contribution in [3.63, 3.8) is 0 Å². The Hall–Kier alpha value is -2.76. The molecular weight excluding hydrogens is 428 g/mol. The summed E-state index contributed by atoms with van der Waals surface area (Å²) in [7, 11) is 0. The number of aryl methyl sites for hydroxylation is 3. The minimum atomic E-state index is -0.263. The number of carbonyl (C=O) groups is 2. The van der Waals surface area contributed by atoms with Crippen molar-refractivity contribution < 1.29 is 9.59 Å². The summed E-state index contributed by atoms with van der Waals surface area (Å²) >= 11 is 6.91. The Kier molecular flexibility index (Phi) is 5.82. The van der Waals surface area contributed by atoms with Crippen molar-refractivity contribution in [1.82, 2.24) is 9.47 Å². The summed E-state index contributed by atoms with van der Waals surface area (Å²) in [5.41, 5.74) is 7.48. The second-order valence-corrected chi connectivity index (χ2v) is 9.25. The van der Waals surface area contributed by atoms with Crippen LogP contribution in [0.3, 0.4) is 0 Å². The van der Waals surface area contributed by atoms with Gasteiger partial charge in [-0.15, -0.1) is 0 Å². The van der Waals surface area contributed by atoms with Gasteiger partial charge in [-0.3, -0.25) is 14.5 Å². The topological polar surface area (TPSA) is 42.3 Å². The average molecular weight is 451 g/mol. The summed E-state index contributed by atoms with van der Waals surface area (Å²) in [5, 5.41) is 0.367. The Labute approximate surface area is 191 Å². The second-order valence-electron chi connectivity index (χ2n) is 7.82. The maximum absolute atomic E-state index is 12.9. The molecule has 2 amide bonds. The number of benzene rings is 2. The number of thioether (sulfide) groups is 1. The SMILES string of the molecule is Cc1ccc(-n2c(C)cc(/C=C3\SC(=O)N(Cc4ccc(Cl)cc4)C3=O)c2C)cc1C. The van der Waals surface area contributed by atoms with Crippen LogP contribution >= 0.6 is 23.4 Å². The van der Waals surface area contributed by atoms with Gasteiger partial charge in [0.1, 0.15) is 0 Å². The van der Waals surface area contributed by atoms with Crippen LogP contribution in [-0.2, 0) is 11.3 Å². The molecule has 3 aromatic rings. The van der Waals surface area contributed by atoms with Crippen molar-refractivity contribution in [3.8, 4) is 5.69 Å². The highest BCUT2D eigenvalue weighted by atomic mass is 35.5. The number of carbonyl (C=O) groups excluding carboxylic acids is 2. The van der Waals surface area contributed by atoms with E-state index in [0.29, 0.717) is 9.93 Å². The van der Waals surface area contributed by atoms with Gasteiger partial charge in [-0.05, 0) is 98.1 Å². The number of aromatic nitrogens is 1. The van der Waals surface area contributed by atoms with Crippen LogP contribution in [0.25, 0.3) is 11.8 Å². The Morgan fingerprint density at radius 3 is 2.32 bits per heavy atom. The van der Waals surface area contributed by atoms with Crippen LogP contribution in [-0.4, -0.2) is 20.6 Å². The molecule has 0 radical (unpaired) electrons. The van der Waals surface area contributed by atoms with E-state index in [2.05, 4.69) is 42.7 Å². The highest BCUT2D eigenvalue weighted by Gasteiger charge is 2.35. The monoisotopic (exact) mass is 450 g/mol. The lowest BCUT2D eigenvalue weighted by Crippen LogP contribution is -2.27. The van der Waals surface area contributed by atoms with Crippen molar-refractivity contribution in [3.05, 3.63) is 92.1 Å². The van der Waals surface area contributed by atoms with Crippen LogP contribution < -0.4 is 0 Å². The van der Waals surface area contributed by atoms with Gasteiger partial charge >= 0.3 is 0 Å². The molecule has 0 spiro atoms. The minimum absolute atomic E-state index is 0.237. The highest BCUT2D eigenvalue weighted by Crippen LogP contribution is 2.35. The van der Waals surface area contributed by atoms with Crippen LogP contribution in [0.2, 0.25) is 5.02 Å². The first-order valence-corrected chi connectivity index (χ1v) is 11.2. The van der Waals surface area contributed by atoms with Crippen LogP contribution in [0.5, 0.6) is 0 Å². The molecule has 4 rings (SSSR count). The summed E-state index contributed by atoms with van der Waals surface area (Å²) in [6, 6.07) is 15.6. The molecule has 0 N–H and O–H groups in total. The summed E-state index contributed by atoms with van der Waals surface area (Å²) in [5.74, 6) is -0.263. The number of hydrogen-bond acceptors (Lipinski definition) is 3. The van der Waals surface area contributed by atoms with Gasteiger partial charge in [-0.1, -0.05) is 29.8 Å². The Bertz CT molecular complexity index is 1230. The molecule has 2 aromatic carbocycles. The predicted molar refractivity (Wildman–Crippen MR) is 128 cm³/mol. The molecule has 1 fully saturated rings. The van der Waals surface area contributed by atoms with E-state index >= 15 is 0 Å². The first-order valence-electron chi connectivity index (χ1n) is 10.0.